The maximum atomic E-state index is 11.5. The summed E-state index contributed by atoms with van der Waals surface area (Å²) in [4.78, 5) is 22.2. The fourth-order valence-corrected chi connectivity index (χ4v) is 2.62. The van der Waals surface area contributed by atoms with Crippen molar-refractivity contribution in [2.24, 2.45) is 0 Å². The van der Waals surface area contributed by atoms with Crippen LogP contribution in [0.2, 0.25) is 0 Å². The summed E-state index contributed by atoms with van der Waals surface area (Å²) in [7, 11) is 1.28. The molecule has 7 heteroatoms. The second-order valence-electron chi connectivity index (χ2n) is 5.31. The van der Waals surface area contributed by atoms with Gasteiger partial charge in [0.25, 0.3) is 0 Å². The van der Waals surface area contributed by atoms with E-state index in [2.05, 4.69) is 4.74 Å². The van der Waals surface area contributed by atoms with E-state index in [9.17, 15) is 15.0 Å². The quantitative estimate of drug-likeness (QED) is 0.684. The molecule has 2 saturated heterocycles. The molecular weight excluding hydrogens is 254 g/mol. The summed E-state index contributed by atoms with van der Waals surface area (Å²) < 4.78 is 4.62. The summed E-state index contributed by atoms with van der Waals surface area (Å²) in [5, 5.41) is 21.4. The number of hydrogen-bond acceptors (Lipinski definition) is 7. The number of esters is 1. The van der Waals surface area contributed by atoms with Crippen LogP contribution in [0.1, 0.15) is 33.1 Å². The summed E-state index contributed by atoms with van der Waals surface area (Å²) in [6.07, 6.45) is -1.62. The standard InChI is InChI=1S/C12H21NO6/c1-4-5-7(14)9-10(15)12(2)6-8(11(16)17-3)18-13(12)19-9/h7-10,14-15H,4-6H2,1-3H3/t7?,8-,9-,10+,12-/m0/s1. The van der Waals surface area contributed by atoms with Gasteiger partial charge in [0, 0.05) is 6.42 Å². The molecule has 0 bridgehead atoms. The molecule has 2 rings (SSSR count). The number of rotatable bonds is 4. The molecule has 2 aliphatic heterocycles. The molecule has 0 amide bonds. The molecule has 2 N–H and O–H groups in total. The van der Waals surface area contributed by atoms with Crippen LogP contribution in [0.25, 0.3) is 0 Å². The Kier molecular flexibility index (Phi) is 4.12. The minimum absolute atomic E-state index is 0.260. The third kappa shape index (κ3) is 2.36. The first-order chi connectivity index (χ1) is 8.93. The summed E-state index contributed by atoms with van der Waals surface area (Å²) in [6, 6.07) is 0. The van der Waals surface area contributed by atoms with Crippen molar-refractivity contribution < 1.29 is 29.4 Å². The predicted molar refractivity (Wildman–Crippen MR) is 63.5 cm³/mol. The van der Waals surface area contributed by atoms with Crippen LogP contribution in [0.15, 0.2) is 0 Å². The molecule has 0 spiro atoms. The Bertz CT molecular complexity index is 351. The Morgan fingerprint density at radius 2 is 2.26 bits per heavy atom. The Morgan fingerprint density at radius 1 is 1.58 bits per heavy atom. The molecule has 0 aromatic heterocycles. The van der Waals surface area contributed by atoms with Gasteiger partial charge in [0.1, 0.15) is 17.7 Å². The predicted octanol–water partition coefficient (Wildman–Crippen LogP) is -0.240. The first-order valence-electron chi connectivity index (χ1n) is 6.51. The lowest BCUT2D eigenvalue weighted by Crippen LogP contribution is -2.46. The van der Waals surface area contributed by atoms with Gasteiger partial charge in [-0.3, -0.25) is 9.68 Å². The van der Waals surface area contributed by atoms with Gasteiger partial charge in [-0.25, -0.2) is 4.79 Å². The average Bonchev–Trinajstić information content (AvgIpc) is 2.83. The lowest BCUT2D eigenvalue weighted by atomic mass is 9.86. The molecule has 0 radical (unpaired) electrons. The van der Waals surface area contributed by atoms with Gasteiger partial charge in [0.15, 0.2) is 6.10 Å². The highest BCUT2D eigenvalue weighted by molar-refractivity contribution is 5.75. The van der Waals surface area contributed by atoms with E-state index >= 15 is 0 Å². The molecule has 2 aliphatic rings. The van der Waals surface area contributed by atoms with Gasteiger partial charge in [-0.15, -0.1) is 0 Å². The second-order valence-corrected chi connectivity index (χ2v) is 5.31. The highest BCUT2D eigenvalue weighted by Gasteiger charge is 2.61. The van der Waals surface area contributed by atoms with Crippen molar-refractivity contribution in [1.82, 2.24) is 5.23 Å². The minimum Gasteiger partial charge on any atom is -0.467 e. The fraction of sp³-hybridized carbons (Fsp3) is 0.917. The van der Waals surface area contributed by atoms with Crippen molar-refractivity contribution in [2.45, 2.75) is 63.1 Å². The largest absolute Gasteiger partial charge is 0.467 e. The van der Waals surface area contributed by atoms with Crippen molar-refractivity contribution in [1.29, 1.82) is 0 Å². The van der Waals surface area contributed by atoms with E-state index < -0.39 is 35.9 Å². The first-order valence-corrected chi connectivity index (χ1v) is 6.51. The molecule has 2 heterocycles. The number of ether oxygens (including phenoxy) is 1. The van der Waals surface area contributed by atoms with Gasteiger partial charge in [0.2, 0.25) is 0 Å². The number of aliphatic hydroxyl groups excluding tert-OH is 2. The van der Waals surface area contributed by atoms with Crippen molar-refractivity contribution in [3.63, 3.8) is 0 Å². The monoisotopic (exact) mass is 275 g/mol. The minimum atomic E-state index is -0.927. The van der Waals surface area contributed by atoms with Crippen LogP contribution in [0.3, 0.4) is 0 Å². The van der Waals surface area contributed by atoms with Crippen LogP contribution in [0.5, 0.6) is 0 Å². The molecule has 0 aliphatic carbocycles. The Labute approximate surface area is 112 Å². The third-order valence-corrected chi connectivity index (χ3v) is 3.83. The third-order valence-electron chi connectivity index (χ3n) is 3.83. The van der Waals surface area contributed by atoms with Gasteiger partial charge in [-0.05, 0) is 13.3 Å². The number of hydrogen-bond donors (Lipinski definition) is 2. The van der Waals surface area contributed by atoms with Crippen LogP contribution in [0, 0.1) is 0 Å². The van der Waals surface area contributed by atoms with E-state index in [1.165, 1.54) is 7.11 Å². The van der Waals surface area contributed by atoms with Crippen molar-refractivity contribution in [3.05, 3.63) is 0 Å². The van der Waals surface area contributed by atoms with Crippen LogP contribution in [0.4, 0.5) is 0 Å². The molecule has 110 valence electrons. The highest BCUT2D eigenvalue weighted by Crippen LogP contribution is 2.43. The van der Waals surface area contributed by atoms with Crippen LogP contribution in [-0.4, -0.2) is 58.5 Å². The summed E-state index contributed by atoms with van der Waals surface area (Å²) in [5.74, 6) is -0.503. The molecule has 1 unspecified atom stereocenters. The van der Waals surface area contributed by atoms with Gasteiger partial charge in [0.05, 0.1) is 13.2 Å². The highest BCUT2D eigenvalue weighted by atomic mass is 17.0. The number of hydroxylamine groups is 2. The maximum Gasteiger partial charge on any atom is 0.337 e. The maximum absolute atomic E-state index is 11.5. The SMILES string of the molecule is CCCC(O)[C@@H]1ON2O[C@H](C(=O)OC)C[C@@]2(C)[C@@H]1O. The van der Waals surface area contributed by atoms with E-state index in [1.54, 1.807) is 6.92 Å². The van der Waals surface area contributed by atoms with Crippen LogP contribution < -0.4 is 0 Å². The zero-order valence-electron chi connectivity index (χ0n) is 11.4. The number of aliphatic hydroxyl groups is 2. The number of fused-ring (bicyclic) bond motifs is 1. The molecule has 0 aromatic rings. The number of methoxy groups -OCH3 is 1. The lowest BCUT2D eigenvalue weighted by molar-refractivity contribution is -0.371. The van der Waals surface area contributed by atoms with E-state index in [0.717, 1.165) is 11.6 Å². The van der Waals surface area contributed by atoms with Gasteiger partial charge < -0.3 is 14.9 Å². The van der Waals surface area contributed by atoms with Crippen LogP contribution in [-0.2, 0) is 19.2 Å². The lowest BCUT2D eigenvalue weighted by Gasteiger charge is -2.25. The molecule has 7 nitrogen and oxygen atoms in total. The Balaban J connectivity index is 2.07. The Hall–Kier alpha value is -0.730. The smallest absolute Gasteiger partial charge is 0.337 e. The van der Waals surface area contributed by atoms with E-state index in [4.69, 9.17) is 9.68 Å². The number of nitrogens with zero attached hydrogens (tertiary/aromatic N) is 1. The van der Waals surface area contributed by atoms with Gasteiger partial charge >= 0.3 is 5.97 Å². The molecule has 5 atom stereocenters. The van der Waals surface area contributed by atoms with Crippen molar-refractivity contribution in [2.75, 3.05) is 7.11 Å². The summed E-state index contributed by atoms with van der Waals surface area (Å²) in [5.41, 5.74) is -0.849. The summed E-state index contributed by atoms with van der Waals surface area (Å²) >= 11 is 0. The van der Waals surface area contributed by atoms with E-state index in [1.807, 2.05) is 6.92 Å². The van der Waals surface area contributed by atoms with E-state index in [-0.39, 0.29) is 6.42 Å². The van der Waals surface area contributed by atoms with Gasteiger partial charge in [-0.1, -0.05) is 18.6 Å². The Morgan fingerprint density at radius 3 is 2.79 bits per heavy atom. The number of carbonyl (C=O) groups is 1. The molecular formula is C12H21NO6. The molecule has 0 saturated carbocycles. The normalized spacial score (nSPS) is 40.2. The average molecular weight is 275 g/mol. The van der Waals surface area contributed by atoms with Gasteiger partial charge in [-0.2, -0.15) is 0 Å². The summed E-state index contributed by atoms with van der Waals surface area (Å²) in [6.45, 7) is 3.68. The van der Waals surface area contributed by atoms with Crippen LogP contribution >= 0.6 is 0 Å². The topological polar surface area (TPSA) is 88.5 Å². The number of carbonyl (C=O) groups excluding carboxylic acids is 1. The molecule has 2 fully saturated rings. The second kappa shape index (κ2) is 5.34. The molecule has 0 aromatic carbocycles. The molecule has 19 heavy (non-hydrogen) atoms. The zero-order chi connectivity index (χ0) is 14.2. The first kappa shape index (κ1) is 14.7. The van der Waals surface area contributed by atoms with Crippen molar-refractivity contribution >= 4 is 5.97 Å². The van der Waals surface area contributed by atoms with Crippen molar-refractivity contribution in [3.8, 4) is 0 Å². The zero-order valence-corrected chi connectivity index (χ0v) is 11.4. The fourth-order valence-electron chi connectivity index (χ4n) is 2.62. The van der Waals surface area contributed by atoms with E-state index in [0.29, 0.717) is 6.42 Å².